The first kappa shape index (κ1) is 16.2. The molecule has 2 aromatic carbocycles. The van der Waals surface area contributed by atoms with Gasteiger partial charge in [-0.2, -0.15) is 0 Å². The molecule has 24 heavy (non-hydrogen) atoms. The summed E-state index contributed by atoms with van der Waals surface area (Å²) in [6, 6.07) is 15.7. The lowest BCUT2D eigenvalue weighted by Crippen LogP contribution is -2.30. The van der Waals surface area contributed by atoms with Crippen LogP contribution in [0.4, 0.5) is 5.69 Å². The Kier molecular flexibility index (Phi) is 5.21. The van der Waals surface area contributed by atoms with Gasteiger partial charge < -0.3 is 19.7 Å². The summed E-state index contributed by atoms with van der Waals surface area (Å²) in [4.78, 5) is 14.6. The second kappa shape index (κ2) is 7.73. The molecule has 2 aromatic rings. The van der Waals surface area contributed by atoms with E-state index in [2.05, 4.69) is 29.3 Å². The molecule has 1 heterocycles. The lowest BCUT2D eigenvalue weighted by atomic mass is 10.1. The molecule has 5 nitrogen and oxygen atoms in total. The van der Waals surface area contributed by atoms with Crippen LogP contribution in [0, 0.1) is 0 Å². The molecule has 0 saturated heterocycles. The summed E-state index contributed by atoms with van der Waals surface area (Å²) in [5.41, 5.74) is 1.73. The van der Waals surface area contributed by atoms with Crippen LogP contribution >= 0.6 is 0 Å². The number of anilines is 1. The van der Waals surface area contributed by atoms with Crippen LogP contribution in [-0.4, -0.2) is 32.3 Å². The molecule has 1 aliphatic heterocycles. The van der Waals surface area contributed by atoms with Gasteiger partial charge in [-0.3, -0.25) is 4.79 Å². The number of amides is 1. The van der Waals surface area contributed by atoms with Crippen LogP contribution in [0.3, 0.4) is 0 Å². The van der Waals surface area contributed by atoms with E-state index < -0.39 is 0 Å². The van der Waals surface area contributed by atoms with Gasteiger partial charge in [0.2, 0.25) is 6.79 Å². The third-order valence-corrected chi connectivity index (χ3v) is 4.03. The van der Waals surface area contributed by atoms with Crippen molar-refractivity contribution in [2.45, 2.75) is 13.3 Å². The average Bonchev–Trinajstić information content (AvgIpc) is 3.11. The van der Waals surface area contributed by atoms with Crippen LogP contribution in [0.25, 0.3) is 0 Å². The maximum absolute atomic E-state index is 12.3. The number of rotatable bonds is 7. The number of carbonyl (C=O) groups is 1. The van der Waals surface area contributed by atoms with Gasteiger partial charge in [0, 0.05) is 25.3 Å². The van der Waals surface area contributed by atoms with Crippen LogP contribution in [0.15, 0.2) is 48.5 Å². The number of hydrogen-bond acceptors (Lipinski definition) is 4. The van der Waals surface area contributed by atoms with E-state index in [-0.39, 0.29) is 12.7 Å². The van der Waals surface area contributed by atoms with Crippen molar-refractivity contribution in [2.24, 2.45) is 0 Å². The van der Waals surface area contributed by atoms with E-state index >= 15 is 0 Å². The minimum Gasteiger partial charge on any atom is -0.454 e. The third kappa shape index (κ3) is 3.62. The Labute approximate surface area is 142 Å². The Balaban J connectivity index is 1.50. The first-order valence-electron chi connectivity index (χ1n) is 8.26. The number of nitrogens with one attached hydrogen (secondary N) is 1. The van der Waals surface area contributed by atoms with Crippen molar-refractivity contribution in [2.75, 3.05) is 31.3 Å². The van der Waals surface area contributed by atoms with Crippen molar-refractivity contribution in [3.8, 4) is 11.5 Å². The summed E-state index contributed by atoms with van der Waals surface area (Å²) in [6.07, 6.45) is 0.876. The van der Waals surface area contributed by atoms with Crippen molar-refractivity contribution < 1.29 is 14.3 Å². The molecule has 1 amide bonds. The summed E-state index contributed by atoms with van der Waals surface area (Å²) >= 11 is 0. The molecular weight excluding hydrogens is 304 g/mol. The third-order valence-electron chi connectivity index (χ3n) is 4.03. The van der Waals surface area contributed by atoms with Crippen molar-refractivity contribution in [1.29, 1.82) is 0 Å². The molecule has 0 aromatic heterocycles. The second-order valence-electron chi connectivity index (χ2n) is 5.56. The molecule has 1 N–H and O–H groups in total. The van der Waals surface area contributed by atoms with Gasteiger partial charge >= 0.3 is 0 Å². The van der Waals surface area contributed by atoms with E-state index in [1.807, 2.05) is 18.2 Å². The minimum atomic E-state index is -0.125. The van der Waals surface area contributed by atoms with Gasteiger partial charge in [-0.1, -0.05) is 24.3 Å². The molecule has 0 aliphatic carbocycles. The topological polar surface area (TPSA) is 50.8 Å². The summed E-state index contributed by atoms with van der Waals surface area (Å²) in [7, 11) is 0. The van der Waals surface area contributed by atoms with Crippen LogP contribution < -0.4 is 19.7 Å². The quantitative estimate of drug-likeness (QED) is 0.795. The van der Waals surface area contributed by atoms with Crippen LogP contribution in [-0.2, 0) is 0 Å². The molecule has 126 valence electrons. The van der Waals surface area contributed by atoms with Crippen LogP contribution in [0.5, 0.6) is 11.5 Å². The largest absolute Gasteiger partial charge is 0.454 e. The Morgan fingerprint density at radius 2 is 1.96 bits per heavy atom. The number of nitrogens with zero attached hydrogens (tertiary/aromatic N) is 1. The Morgan fingerprint density at radius 1 is 1.12 bits per heavy atom. The van der Waals surface area contributed by atoms with Gasteiger partial charge in [-0.25, -0.2) is 0 Å². The highest BCUT2D eigenvalue weighted by Crippen LogP contribution is 2.35. The summed E-state index contributed by atoms with van der Waals surface area (Å²) < 4.78 is 10.7. The highest BCUT2D eigenvalue weighted by atomic mass is 16.7. The molecule has 0 saturated carbocycles. The molecule has 3 rings (SSSR count). The molecule has 0 fully saturated rings. The van der Waals surface area contributed by atoms with Gasteiger partial charge in [0.25, 0.3) is 5.91 Å². The monoisotopic (exact) mass is 326 g/mol. The van der Waals surface area contributed by atoms with Gasteiger partial charge in [-0.05, 0) is 37.6 Å². The minimum absolute atomic E-state index is 0.125. The SMILES string of the molecule is CCN(CCCNC(=O)c1cccc2c1OCO2)c1ccccc1. The molecule has 1 aliphatic rings. The normalized spacial score (nSPS) is 12.0. The first-order chi connectivity index (χ1) is 11.8. The van der Waals surface area contributed by atoms with E-state index in [0.29, 0.717) is 23.6 Å². The Hall–Kier alpha value is -2.69. The molecule has 0 atom stereocenters. The predicted molar refractivity (Wildman–Crippen MR) is 93.8 cm³/mol. The number of hydrogen-bond donors (Lipinski definition) is 1. The fraction of sp³-hybridized carbons (Fsp3) is 0.316. The zero-order valence-corrected chi connectivity index (χ0v) is 13.8. The van der Waals surface area contributed by atoms with Gasteiger partial charge in [0.05, 0.1) is 5.56 Å². The van der Waals surface area contributed by atoms with Crippen molar-refractivity contribution in [3.63, 3.8) is 0 Å². The smallest absolute Gasteiger partial charge is 0.255 e. The summed E-state index contributed by atoms with van der Waals surface area (Å²) in [5.74, 6) is 1.04. The number of carbonyl (C=O) groups excluding carboxylic acids is 1. The zero-order chi connectivity index (χ0) is 16.8. The Morgan fingerprint density at radius 3 is 2.75 bits per heavy atom. The van der Waals surface area contributed by atoms with Crippen molar-refractivity contribution >= 4 is 11.6 Å². The van der Waals surface area contributed by atoms with Crippen LogP contribution in [0.1, 0.15) is 23.7 Å². The maximum atomic E-state index is 12.3. The van der Waals surface area contributed by atoms with Crippen LogP contribution in [0.2, 0.25) is 0 Å². The second-order valence-corrected chi connectivity index (χ2v) is 5.56. The highest BCUT2D eigenvalue weighted by Gasteiger charge is 2.21. The van der Waals surface area contributed by atoms with E-state index in [0.717, 1.165) is 19.5 Å². The van der Waals surface area contributed by atoms with E-state index in [1.165, 1.54) is 5.69 Å². The first-order valence-corrected chi connectivity index (χ1v) is 8.26. The average molecular weight is 326 g/mol. The summed E-state index contributed by atoms with van der Waals surface area (Å²) in [5, 5.41) is 2.96. The number of para-hydroxylation sites is 2. The molecule has 0 spiro atoms. The molecular formula is C19H22N2O3. The highest BCUT2D eigenvalue weighted by molar-refractivity contribution is 5.97. The van der Waals surface area contributed by atoms with Crippen molar-refractivity contribution in [3.05, 3.63) is 54.1 Å². The number of fused-ring (bicyclic) bond motifs is 1. The zero-order valence-electron chi connectivity index (χ0n) is 13.8. The fourth-order valence-corrected chi connectivity index (χ4v) is 2.78. The Bertz CT molecular complexity index is 688. The molecule has 5 heteroatoms. The maximum Gasteiger partial charge on any atom is 0.255 e. The number of ether oxygens (including phenoxy) is 2. The van der Waals surface area contributed by atoms with Gasteiger partial charge in [0.1, 0.15) is 0 Å². The molecule has 0 unspecified atom stereocenters. The standard InChI is InChI=1S/C19H22N2O3/c1-2-21(15-8-4-3-5-9-15)13-7-12-20-19(22)16-10-6-11-17-18(16)24-14-23-17/h3-6,8-11H,2,7,12-14H2,1H3,(H,20,22). The van der Waals surface area contributed by atoms with Gasteiger partial charge in [0.15, 0.2) is 11.5 Å². The fourth-order valence-electron chi connectivity index (χ4n) is 2.78. The lowest BCUT2D eigenvalue weighted by Gasteiger charge is -2.23. The lowest BCUT2D eigenvalue weighted by molar-refractivity contribution is 0.0948. The number of benzene rings is 2. The van der Waals surface area contributed by atoms with E-state index in [4.69, 9.17) is 9.47 Å². The van der Waals surface area contributed by atoms with Gasteiger partial charge in [-0.15, -0.1) is 0 Å². The molecule has 0 bridgehead atoms. The van der Waals surface area contributed by atoms with Crippen molar-refractivity contribution in [1.82, 2.24) is 5.32 Å². The van der Waals surface area contributed by atoms with E-state index in [9.17, 15) is 4.79 Å². The summed E-state index contributed by atoms with van der Waals surface area (Å²) in [6.45, 7) is 4.76. The van der Waals surface area contributed by atoms with E-state index in [1.54, 1.807) is 18.2 Å². The predicted octanol–water partition coefficient (Wildman–Crippen LogP) is 3.06. The molecule has 0 radical (unpaired) electrons.